The highest BCUT2D eigenvalue weighted by atomic mass is 16.4. The van der Waals surface area contributed by atoms with Gasteiger partial charge >= 0.3 is 5.97 Å². The van der Waals surface area contributed by atoms with Crippen LogP contribution in [-0.4, -0.2) is 36.1 Å². The van der Waals surface area contributed by atoms with Crippen LogP contribution < -0.4 is 10.2 Å². The van der Waals surface area contributed by atoms with Gasteiger partial charge in [-0.1, -0.05) is 18.2 Å². The van der Waals surface area contributed by atoms with Gasteiger partial charge in [0, 0.05) is 31.2 Å². The highest BCUT2D eigenvalue weighted by molar-refractivity contribution is 5.96. The van der Waals surface area contributed by atoms with Gasteiger partial charge in [0.2, 0.25) is 5.91 Å². The average molecular weight is 288 g/mol. The Morgan fingerprint density at radius 2 is 2.00 bits per heavy atom. The fraction of sp³-hybridized carbons (Fsp3) is 0.500. The van der Waals surface area contributed by atoms with Crippen molar-refractivity contribution >= 4 is 17.6 Å². The van der Waals surface area contributed by atoms with Crippen LogP contribution in [-0.2, 0) is 9.59 Å². The number of carbonyl (C=O) groups is 2. The molecule has 1 aliphatic heterocycles. The number of fused-ring (bicyclic) bond motifs is 1. The number of nitrogens with one attached hydrogen (secondary N) is 1. The van der Waals surface area contributed by atoms with Gasteiger partial charge in [0.25, 0.3) is 0 Å². The second kappa shape index (κ2) is 5.85. The Morgan fingerprint density at radius 1 is 1.24 bits per heavy atom. The van der Waals surface area contributed by atoms with E-state index in [4.69, 9.17) is 0 Å². The van der Waals surface area contributed by atoms with E-state index in [-0.39, 0.29) is 5.91 Å². The lowest BCUT2D eigenvalue weighted by Crippen LogP contribution is -2.39. The SMILES string of the molecule is O=C(O)C1CCN(C(=O)CCNC2CC2)c2ccccc21. The van der Waals surface area contributed by atoms with Crippen LogP contribution >= 0.6 is 0 Å². The molecule has 0 radical (unpaired) electrons. The first-order chi connectivity index (χ1) is 10.2. The summed E-state index contributed by atoms with van der Waals surface area (Å²) in [4.78, 5) is 25.5. The van der Waals surface area contributed by atoms with Gasteiger partial charge in [0.15, 0.2) is 0 Å². The van der Waals surface area contributed by atoms with Crippen molar-refractivity contribution in [1.82, 2.24) is 5.32 Å². The molecule has 112 valence electrons. The standard InChI is InChI=1S/C16H20N2O3/c19-15(7-9-17-11-5-6-11)18-10-8-13(16(20)21)12-3-1-2-4-14(12)18/h1-4,11,13,17H,5-10H2,(H,20,21). The first-order valence-corrected chi connectivity index (χ1v) is 7.52. The van der Waals surface area contributed by atoms with Gasteiger partial charge in [-0.15, -0.1) is 0 Å². The van der Waals surface area contributed by atoms with E-state index in [0.29, 0.717) is 32.0 Å². The molecule has 1 heterocycles. The molecule has 0 saturated heterocycles. The summed E-state index contributed by atoms with van der Waals surface area (Å²) in [6.45, 7) is 1.18. The molecule has 0 spiro atoms. The Bertz CT molecular complexity index is 554. The summed E-state index contributed by atoms with van der Waals surface area (Å²) in [5.74, 6) is -1.25. The number of amides is 1. The van der Waals surface area contributed by atoms with E-state index in [1.165, 1.54) is 12.8 Å². The minimum absolute atomic E-state index is 0.0689. The minimum Gasteiger partial charge on any atom is -0.481 e. The van der Waals surface area contributed by atoms with E-state index in [9.17, 15) is 14.7 Å². The molecule has 1 amide bonds. The summed E-state index contributed by atoms with van der Waals surface area (Å²) in [5.41, 5.74) is 1.51. The van der Waals surface area contributed by atoms with Crippen LogP contribution in [0.5, 0.6) is 0 Å². The van der Waals surface area contributed by atoms with Crippen molar-refractivity contribution in [3.05, 3.63) is 29.8 Å². The fourth-order valence-electron chi connectivity index (χ4n) is 2.88. The molecule has 21 heavy (non-hydrogen) atoms. The van der Waals surface area contributed by atoms with Gasteiger partial charge in [-0.25, -0.2) is 0 Å². The van der Waals surface area contributed by atoms with E-state index in [2.05, 4.69) is 5.32 Å². The van der Waals surface area contributed by atoms with Crippen molar-refractivity contribution in [1.29, 1.82) is 0 Å². The van der Waals surface area contributed by atoms with Gasteiger partial charge in [0.1, 0.15) is 0 Å². The Hall–Kier alpha value is -1.88. The summed E-state index contributed by atoms with van der Waals surface area (Å²) in [6.07, 6.45) is 3.36. The first-order valence-electron chi connectivity index (χ1n) is 7.52. The number of hydrogen-bond donors (Lipinski definition) is 2. The molecule has 1 fully saturated rings. The third-order valence-corrected chi connectivity index (χ3v) is 4.19. The molecule has 1 aliphatic carbocycles. The van der Waals surface area contributed by atoms with Gasteiger partial charge in [-0.3, -0.25) is 9.59 Å². The van der Waals surface area contributed by atoms with E-state index in [1.54, 1.807) is 4.90 Å². The maximum Gasteiger partial charge on any atom is 0.311 e. The highest BCUT2D eigenvalue weighted by Crippen LogP contribution is 2.35. The molecule has 5 nitrogen and oxygen atoms in total. The number of carboxylic acids is 1. The number of carboxylic acid groups (broad SMARTS) is 1. The van der Waals surface area contributed by atoms with Crippen molar-refractivity contribution < 1.29 is 14.7 Å². The lowest BCUT2D eigenvalue weighted by Gasteiger charge is -2.32. The number of carbonyl (C=O) groups excluding carboxylic acids is 1. The van der Waals surface area contributed by atoms with Crippen LogP contribution in [0.3, 0.4) is 0 Å². The number of aliphatic carboxylic acids is 1. The van der Waals surface area contributed by atoms with E-state index >= 15 is 0 Å². The maximum absolute atomic E-state index is 12.4. The molecule has 3 rings (SSSR count). The number of anilines is 1. The van der Waals surface area contributed by atoms with E-state index in [1.807, 2.05) is 24.3 Å². The molecular weight excluding hydrogens is 268 g/mol. The van der Waals surface area contributed by atoms with Crippen molar-refractivity contribution in [2.75, 3.05) is 18.0 Å². The monoisotopic (exact) mass is 288 g/mol. The predicted molar refractivity (Wildman–Crippen MR) is 79.4 cm³/mol. The number of para-hydroxylation sites is 1. The summed E-state index contributed by atoms with van der Waals surface area (Å²) in [6, 6.07) is 7.94. The van der Waals surface area contributed by atoms with Crippen LogP contribution in [0.15, 0.2) is 24.3 Å². The zero-order valence-electron chi connectivity index (χ0n) is 11.9. The number of rotatable bonds is 5. The average Bonchev–Trinajstić information content (AvgIpc) is 3.30. The van der Waals surface area contributed by atoms with Gasteiger partial charge < -0.3 is 15.3 Å². The van der Waals surface area contributed by atoms with Crippen molar-refractivity contribution in [3.8, 4) is 0 Å². The molecule has 1 aromatic carbocycles. The van der Waals surface area contributed by atoms with Crippen LogP contribution in [0.2, 0.25) is 0 Å². The van der Waals surface area contributed by atoms with Crippen molar-refractivity contribution in [2.24, 2.45) is 0 Å². The quantitative estimate of drug-likeness (QED) is 0.866. The lowest BCUT2D eigenvalue weighted by atomic mass is 9.90. The third kappa shape index (κ3) is 3.08. The van der Waals surface area contributed by atoms with Crippen LogP contribution in [0.25, 0.3) is 0 Å². The largest absolute Gasteiger partial charge is 0.481 e. The Balaban J connectivity index is 1.72. The summed E-state index contributed by atoms with van der Waals surface area (Å²) in [7, 11) is 0. The number of benzene rings is 1. The van der Waals surface area contributed by atoms with Gasteiger partial charge in [-0.2, -0.15) is 0 Å². The Kier molecular flexibility index (Phi) is 3.92. The molecule has 1 aromatic rings. The van der Waals surface area contributed by atoms with Crippen molar-refractivity contribution in [2.45, 2.75) is 37.6 Å². The normalized spacial score (nSPS) is 21.0. The molecule has 2 aliphatic rings. The second-order valence-corrected chi connectivity index (χ2v) is 5.76. The minimum atomic E-state index is -0.815. The Morgan fingerprint density at radius 3 is 2.71 bits per heavy atom. The van der Waals surface area contributed by atoms with Crippen LogP contribution in [0, 0.1) is 0 Å². The fourth-order valence-corrected chi connectivity index (χ4v) is 2.88. The Labute approximate surface area is 123 Å². The molecule has 5 heteroatoms. The summed E-state index contributed by atoms with van der Waals surface area (Å²) in [5, 5.41) is 12.6. The van der Waals surface area contributed by atoms with Crippen molar-refractivity contribution in [3.63, 3.8) is 0 Å². The van der Waals surface area contributed by atoms with E-state index < -0.39 is 11.9 Å². The zero-order chi connectivity index (χ0) is 14.8. The third-order valence-electron chi connectivity index (χ3n) is 4.19. The number of nitrogens with zero attached hydrogens (tertiary/aromatic N) is 1. The number of hydrogen-bond acceptors (Lipinski definition) is 3. The van der Waals surface area contributed by atoms with Gasteiger partial charge in [-0.05, 0) is 30.9 Å². The molecular formula is C16H20N2O3. The summed E-state index contributed by atoms with van der Waals surface area (Å²) >= 11 is 0. The predicted octanol–water partition coefficient (Wildman–Crippen LogP) is 1.73. The first kappa shape index (κ1) is 14.1. The topological polar surface area (TPSA) is 69.6 Å². The highest BCUT2D eigenvalue weighted by Gasteiger charge is 2.32. The van der Waals surface area contributed by atoms with E-state index in [0.717, 1.165) is 11.3 Å². The lowest BCUT2D eigenvalue weighted by molar-refractivity contribution is -0.139. The second-order valence-electron chi connectivity index (χ2n) is 5.76. The molecule has 1 saturated carbocycles. The molecule has 0 aromatic heterocycles. The molecule has 1 unspecified atom stereocenters. The van der Waals surface area contributed by atoms with Gasteiger partial charge in [0.05, 0.1) is 5.92 Å². The zero-order valence-corrected chi connectivity index (χ0v) is 11.9. The van der Waals surface area contributed by atoms with Crippen LogP contribution in [0.4, 0.5) is 5.69 Å². The smallest absolute Gasteiger partial charge is 0.311 e. The molecule has 2 N–H and O–H groups in total. The maximum atomic E-state index is 12.4. The molecule has 1 atom stereocenters. The molecule has 0 bridgehead atoms. The van der Waals surface area contributed by atoms with Crippen LogP contribution in [0.1, 0.15) is 37.2 Å². The summed E-state index contributed by atoms with van der Waals surface area (Å²) < 4.78 is 0.